The number of nitrogens with zero attached hydrogens (tertiary/aromatic N) is 3. The first-order valence-corrected chi connectivity index (χ1v) is 8.87. The quantitative estimate of drug-likeness (QED) is 0.653. The SMILES string of the molecule is Cn1c(C(=O)N2CCN(c3ccccc3F)CC2)cc2oc(Br)cc21. The highest BCUT2D eigenvalue weighted by Gasteiger charge is 2.26. The van der Waals surface area contributed by atoms with Gasteiger partial charge in [-0.05, 0) is 28.1 Å². The van der Waals surface area contributed by atoms with E-state index >= 15 is 0 Å². The normalized spacial score (nSPS) is 15.2. The highest BCUT2D eigenvalue weighted by atomic mass is 79.9. The van der Waals surface area contributed by atoms with Gasteiger partial charge in [0.2, 0.25) is 0 Å². The third kappa shape index (κ3) is 2.82. The number of carbonyl (C=O) groups is 1. The summed E-state index contributed by atoms with van der Waals surface area (Å²) in [6, 6.07) is 10.4. The molecule has 0 aliphatic carbocycles. The van der Waals surface area contributed by atoms with Crippen LogP contribution in [0.1, 0.15) is 10.5 Å². The van der Waals surface area contributed by atoms with E-state index in [-0.39, 0.29) is 11.7 Å². The molecule has 0 saturated carbocycles. The predicted octanol–water partition coefficient (Wildman–Crippen LogP) is 3.64. The Balaban J connectivity index is 1.50. The molecule has 25 heavy (non-hydrogen) atoms. The van der Waals surface area contributed by atoms with Crippen LogP contribution in [0, 0.1) is 5.82 Å². The molecule has 1 fully saturated rings. The number of aryl methyl sites for hydroxylation is 1. The first kappa shape index (κ1) is 16.2. The Labute approximate surface area is 152 Å². The van der Waals surface area contributed by atoms with E-state index in [1.165, 1.54) is 6.07 Å². The Morgan fingerprint density at radius 3 is 2.56 bits per heavy atom. The lowest BCUT2D eigenvalue weighted by molar-refractivity contribution is 0.0737. The second kappa shape index (κ2) is 6.22. The molecule has 0 radical (unpaired) electrons. The Hall–Kier alpha value is -2.28. The van der Waals surface area contributed by atoms with Crippen molar-refractivity contribution < 1.29 is 13.6 Å². The summed E-state index contributed by atoms with van der Waals surface area (Å²) in [5.74, 6) is -0.256. The minimum Gasteiger partial charge on any atom is -0.448 e. The van der Waals surface area contributed by atoms with Gasteiger partial charge in [-0.25, -0.2) is 4.39 Å². The van der Waals surface area contributed by atoms with Crippen LogP contribution in [-0.2, 0) is 7.05 Å². The van der Waals surface area contributed by atoms with Gasteiger partial charge in [0.25, 0.3) is 5.91 Å². The van der Waals surface area contributed by atoms with E-state index in [2.05, 4.69) is 15.9 Å². The highest BCUT2D eigenvalue weighted by molar-refractivity contribution is 9.10. The van der Waals surface area contributed by atoms with Crippen LogP contribution in [0.25, 0.3) is 11.1 Å². The van der Waals surface area contributed by atoms with Crippen molar-refractivity contribution in [3.8, 4) is 0 Å². The Morgan fingerprint density at radius 2 is 1.88 bits per heavy atom. The van der Waals surface area contributed by atoms with Crippen molar-refractivity contribution in [2.24, 2.45) is 7.05 Å². The molecule has 1 aliphatic rings. The fourth-order valence-corrected chi connectivity index (χ4v) is 3.70. The lowest BCUT2D eigenvalue weighted by Crippen LogP contribution is -2.49. The molecular formula is C18H17BrFN3O2. The molecule has 1 aromatic carbocycles. The number of anilines is 1. The van der Waals surface area contributed by atoms with Gasteiger partial charge in [0.1, 0.15) is 11.5 Å². The van der Waals surface area contributed by atoms with Crippen LogP contribution in [0.2, 0.25) is 0 Å². The molecule has 4 rings (SSSR count). The molecule has 1 amide bonds. The molecule has 3 aromatic rings. The van der Waals surface area contributed by atoms with E-state index in [4.69, 9.17) is 4.42 Å². The number of piperazine rings is 1. The summed E-state index contributed by atoms with van der Waals surface area (Å²) in [4.78, 5) is 16.6. The molecule has 3 heterocycles. The van der Waals surface area contributed by atoms with Crippen molar-refractivity contribution in [2.45, 2.75) is 0 Å². The summed E-state index contributed by atoms with van der Waals surface area (Å²) in [6.07, 6.45) is 0. The summed E-state index contributed by atoms with van der Waals surface area (Å²) in [6.45, 7) is 2.34. The number of furan rings is 1. The van der Waals surface area contributed by atoms with Crippen LogP contribution in [0.3, 0.4) is 0 Å². The monoisotopic (exact) mass is 405 g/mol. The zero-order chi connectivity index (χ0) is 17.6. The molecule has 1 saturated heterocycles. The van der Waals surface area contributed by atoms with Crippen molar-refractivity contribution in [3.05, 3.63) is 52.6 Å². The number of hydrogen-bond donors (Lipinski definition) is 0. The van der Waals surface area contributed by atoms with E-state index in [1.807, 2.05) is 28.6 Å². The summed E-state index contributed by atoms with van der Waals surface area (Å²) in [5, 5.41) is 0. The second-order valence-electron chi connectivity index (χ2n) is 6.12. The molecular weight excluding hydrogens is 389 g/mol. The number of hydrogen-bond acceptors (Lipinski definition) is 3. The first-order valence-electron chi connectivity index (χ1n) is 8.08. The molecule has 0 N–H and O–H groups in total. The van der Waals surface area contributed by atoms with Crippen molar-refractivity contribution in [2.75, 3.05) is 31.1 Å². The van der Waals surface area contributed by atoms with E-state index < -0.39 is 0 Å². The maximum absolute atomic E-state index is 13.9. The minimum absolute atomic E-state index is 0.0294. The predicted molar refractivity (Wildman–Crippen MR) is 97.4 cm³/mol. The topological polar surface area (TPSA) is 41.6 Å². The van der Waals surface area contributed by atoms with Gasteiger partial charge >= 0.3 is 0 Å². The van der Waals surface area contributed by atoms with Crippen molar-refractivity contribution in [1.29, 1.82) is 0 Å². The van der Waals surface area contributed by atoms with Gasteiger partial charge in [-0.2, -0.15) is 0 Å². The minimum atomic E-state index is -0.226. The third-order valence-corrected chi connectivity index (χ3v) is 5.07. The molecule has 0 unspecified atom stereocenters. The van der Waals surface area contributed by atoms with Gasteiger partial charge in [-0.1, -0.05) is 12.1 Å². The summed E-state index contributed by atoms with van der Waals surface area (Å²) in [5.41, 5.74) is 2.75. The first-order chi connectivity index (χ1) is 12.0. The molecule has 2 aromatic heterocycles. The fraction of sp³-hybridized carbons (Fsp3) is 0.278. The summed E-state index contributed by atoms with van der Waals surface area (Å²) >= 11 is 3.30. The Morgan fingerprint density at radius 1 is 1.16 bits per heavy atom. The fourth-order valence-electron chi connectivity index (χ4n) is 3.31. The van der Waals surface area contributed by atoms with Crippen LogP contribution in [0.5, 0.6) is 0 Å². The van der Waals surface area contributed by atoms with Crippen LogP contribution >= 0.6 is 15.9 Å². The number of carbonyl (C=O) groups excluding carboxylic acids is 1. The number of halogens is 2. The smallest absolute Gasteiger partial charge is 0.270 e. The van der Waals surface area contributed by atoms with Crippen molar-refractivity contribution in [1.82, 2.24) is 9.47 Å². The summed E-state index contributed by atoms with van der Waals surface area (Å²) in [7, 11) is 1.85. The largest absolute Gasteiger partial charge is 0.448 e. The van der Waals surface area contributed by atoms with Crippen molar-refractivity contribution >= 4 is 38.6 Å². The number of rotatable bonds is 2. The third-order valence-electron chi connectivity index (χ3n) is 4.68. The Bertz CT molecular complexity index is 941. The van der Waals surface area contributed by atoms with Crippen LogP contribution in [0.15, 0.2) is 45.5 Å². The number of amides is 1. The average Bonchev–Trinajstić information content (AvgIpc) is 3.12. The molecule has 5 nitrogen and oxygen atoms in total. The van der Waals surface area contributed by atoms with Crippen LogP contribution < -0.4 is 4.90 Å². The molecule has 0 atom stereocenters. The van der Waals surface area contributed by atoms with E-state index in [9.17, 15) is 9.18 Å². The molecule has 7 heteroatoms. The van der Waals surface area contributed by atoms with Gasteiger partial charge in [-0.15, -0.1) is 0 Å². The van der Waals surface area contributed by atoms with Gasteiger partial charge in [0, 0.05) is 45.4 Å². The zero-order valence-electron chi connectivity index (χ0n) is 13.7. The van der Waals surface area contributed by atoms with E-state index in [0.717, 1.165) is 5.52 Å². The zero-order valence-corrected chi connectivity index (χ0v) is 15.3. The number of fused-ring (bicyclic) bond motifs is 1. The molecule has 1 aliphatic heterocycles. The molecule has 130 valence electrons. The standard InChI is InChI=1S/C18H17BrFN3O2/c1-21-14-11-17(19)25-16(14)10-15(21)18(24)23-8-6-22(7-9-23)13-5-3-2-4-12(13)20/h2-5,10-11H,6-9H2,1H3. The van der Waals surface area contributed by atoms with Gasteiger partial charge in [-0.3, -0.25) is 4.79 Å². The molecule has 0 bridgehead atoms. The number of para-hydroxylation sites is 1. The van der Waals surface area contributed by atoms with Crippen molar-refractivity contribution in [3.63, 3.8) is 0 Å². The van der Waals surface area contributed by atoms with Crippen LogP contribution in [0.4, 0.5) is 10.1 Å². The maximum Gasteiger partial charge on any atom is 0.270 e. The lowest BCUT2D eigenvalue weighted by Gasteiger charge is -2.36. The Kier molecular flexibility index (Phi) is 4.03. The van der Waals surface area contributed by atoms with Gasteiger partial charge < -0.3 is 18.8 Å². The van der Waals surface area contributed by atoms with Crippen LogP contribution in [-0.4, -0.2) is 41.6 Å². The van der Waals surface area contributed by atoms with Gasteiger partial charge in [0.05, 0.1) is 11.2 Å². The number of aromatic nitrogens is 1. The lowest BCUT2D eigenvalue weighted by atomic mass is 10.2. The summed E-state index contributed by atoms with van der Waals surface area (Å²) < 4.78 is 21.9. The van der Waals surface area contributed by atoms with E-state index in [0.29, 0.717) is 47.8 Å². The average molecular weight is 406 g/mol. The highest BCUT2D eigenvalue weighted by Crippen LogP contribution is 2.27. The van der Waals surface area contributed by atoms with Gasteiger partial charge in [0.15, 0.2) is 10.3 Å². The maximum atomic E-state index is 13.9. The second-order valence-corrected chi connectivity index (χ2v) is 6.90. The van der Waals surface area contributed by atoms with E-state index in [1.54, 1.807) is 23.1 Å². The molecule has 0 spiro atoms. The number of benzene rings is 1.